The highest BCUT2D eigenvalue weighted by molar-refractivity contribution is 5.91. The van der Waals surface area contributed by atoms with Crippen molar-refractivity contribution in [1.29, 1.82) is 0 Å². The molecule has 0 aliphatic rings. The van der Waals surface area contributed by atoms with Crippen molar-refractivity contribution in [3.63, 3.8) is 0 Å². The number of aromatic hydroxyl groups is 1. The molecule has 0 heterocycles. The molecule has 0 fully saturated rings. The Bertz CT molecular complexity index is 731. The fourth-order valence-corrected chi connectivity index (χ4v) is 1.63. The van der Waals surface area contributed by atoms with Gasteiger partial charge in [0.2, 0.25) is 6.54 Å². The molecular formula is C15H11N3O3. The molecule has 0 aliphatic heterocycles. The summed E-state index contributed by atoms with van der Waals surface area (Å²) in [6, 6.07) is 11.0. The zero-order chi connectivity index (χ0) is 15.2. The van der Waals surface area contributed by atoms with Crippen LogP contribution < -0.4 is 0 Å². The Labute approximate surface area is 120 Å². The van der Waals surface area contributed by atoms with Crippen LogP contribution in [0.4, 0.5) is 11.4 Å². The van der Waals surface area contributed by atoms with Gasteiger partial charge >= 0.3 is 5.97 Å². The zero-order valence-electron chi connectivity index (χ0n) is 10.9. The van der Waals surface area contributed by atoms with Crippen LogP contribution in [0.2, 0.25) is 0 Å². The first-order chi connectivity index (χ1) is 10.1. The van der Waals surface area contributed by atoms with Crippen molar-refractivity contribution in [1.82, 2.24) is 0 Å². The minimum absolute atomic E-state index is 0.223. The number of hydrogen-bond donors (Lipinski definition) is 2. The predicted octanol–water partition coefficient (Wildman–Crippen LogP) is 3.93. The second kappa shape index (κ2) is 6.30. The summed E-state index contributed by atoms with van der Waals surface area (Å²) >= 11 is 0. The van der Waals surface area contributed by atoms with Crippen LogP contribution in [0.1, 0.15) is 15.9 Å². The molecule has 6 nitrogen and oxygen atoms in total. The lowest BCUT2D eigenvalue weighted by molar-refractivity contribution is 0.0694. The maximum Gasteiger partial charge on any atom is 0.339 e. The van der Waals surface area contributed by atoms with Gasteiger partial charge in [0.1, 0.15) is 11.3 Å². The molecule has 0 saturated heterocycles. The van der Waals surface area contributed by atoms with E-state index in [1.165, 1.54) is 18.2 Å². The summed E-state index contributed by atoms with van der Waals surface area (Å²) in [6.45, 7) is 7.09. The van der Waals surface area contributed by atoms with Gasteiger partial charge in [-0.15, -0.1) is 0 Å². The van der Waals surface area contributed by atoms with E-state index in [0.717, 1.165) is 5.56 Å². The van der Waals surface area contributed by atoms with E-state index >= 15 is 0 Å². The fraction of sp³-hybridized carbons (Fsp3) is 0.0667. The summed E-state index contributed by atoms with van der Waals surface area (Å²) in [5, 5.41) is 26.2. The highest BCUT2D eigenvalue weighted by atomic mass is 16.4. The lowest BCUT2D eigenvalue weighted by atomic mass is 10.2. The fourth-order valence-electron chi connectivity index (χ4n) is 1.63. The first kappa shape index (κ1) is 14.2. The van der Waals surface area contributed by atoms with Gasteiger partial charge in [-0.05, 0) is 42.5 Å². The normalized spacial score (nSPS) is 10.4. The zero-order valence-corrected chi connectivity index (χ0v) is 10.9. The number of carboxylic acid groups (broad SMARTS) is 1. The maximum absolute atomic E-state index is 10.9. The van der Waals surface area contributed by atoms with Gasteiger partial charge in [0.05, 0.1) is 11.4 Å². The standard InChI is InChI=1S/C15H11N3O3/c1-16-9-10-2-4-11(5-3-10)17-18-12-6-7-14(19)13(8-12)15(20)21/h2-8,19H,9H2,(H,20,21). The van der Waals surface area contributed by atoms with Gasteiger partial charge in [-0.3, -0.25) is 0 Å². The first-order valence-electron chi connectivity index (χ1n) is 6.00. The van der Waals surface area contributed by atoms with E-state index in [4.69, 9.17) is 11.7 Å². The summed E-state index contributed by atoms with van der Waals surface area (Å²) in [4.78, 5) is 14.2. The largest absolute Gasteiger partial charge is 0.507 e. The molecule has 0 unspecified atom stereocenters. The Balaban J connectivity index is 2.19. The lowest BCUT2D eigenvalue weighted by Gasteiger charge is -2.00. The third-order valence-corrected chi connectivity index (χ3v) is 2.69. The maximum atomic E-state index is 10.9. The van der Waals surface area contributed by atoms with Crippen LogP contribution in [0.15, 0.2) is 52.7 Å². The number of nitrogens with zero attached hydrogens (tertiary/aromatic N) is 3. The van der Waals surface area contributed by atoms with Crippen LogP contribution in [0.25, 0.3) is 4.85 Å². The van der Waals surface area contributed by atoms with Gasteiger partial charge < -0.3 is 15.1 Å². The van der Waals surface area contributed by atoms with E-state index in [1.54, 1.807) is 24.3 Å². The van der Waals surface area contributed by atoms with E-state index in [9.17, 15) is 9.90 Å². The van der Waals surface area contributed by atoms with Gasteiger partial charge in [0.15, 0.2) is 0 Å². The molecule has 2 aromatic carbocycles. The van der Waals surface area contributed by atoms with E-state index < -0.39 is 5.97 Å². The monoisotopic (exact) mass is 281 g/mol. The number of aromatic carboxylic acids is 1. The Morgan fingerprint density at radius 3 is 2.33 bits per heavy atom. The molecule has 6 heteroatoms. The summed E-state index contributed by atoms with van der Waals surface area (Å²) < 4.78 is 0. The number of benzene rings is 2. The molecule has 2 aromatic rings. The van der Waals surface area contributed by atoms with E-state index in [2.05, 4.69) is 15.1 Å². The molecule has 2 rings (SSSR count). The van der Waals surface area contributed by atoms with E-state index in [0.29, 0.717) is 17.9 Å². The molecule has 0 spiro atoms. The van der Waals surface area contributed by atoms with Gasteiger partial charge in [0.25, 0.3) is 0 Å². The molecule has 104 valence electrons. The van der Waals surface area contributed by atoms with Crippen molar-refractivity contribution in [3.8, 4) is 5.75 Å². The third-order valence-electron chi connectivity index (χ3n) is 2.69. The lowest BCUT2D eigenvalue weighted by Crippen LogP contribution is -1.95. The topological polar surface area (TPSA) is 86.6 Å². The van der Waals surface area contributed by atoms with Gasteiger partial charge in [-0.1, -0.05) is 0 Å². The minimum atomic E-state index is -1.23. The van der Waals surface area contributed by atoms with Crippen molar-refractivity contribution in [3.05, 3.63) is 65.0 Å². The Kier molecular flexibility index (Phi) is 4.26. The molecule has 0 aliphatic carbocycles. The highest BCUT2D eigenvalue weighted by Gasteiger charge is 2.09. The Hall–Kier alpha value is -3.20. The number of azo groups is 1. The molecule has 2 N–H and O–H groups in total. The van der Waals surface area contributed by atoms with Gasteiger partial charge in [-0.25, -0.2) is 11.4 Å². The van der Waals surface area contributed by atoms with E-state index in [1.807, 2.05) is 0 Å². The summed E-state index contributed by atoms with van der Waals surface area (Å²) in [7, 11) is 0. The molecule has 0 bridgehead atoms. The number of rotatable bonds is 4. The average Bonchev–Trinajstić information content (AvgIpc) is 2.48. The first-order valence-corrected chi connectivity index (χ1v) is 6.00. The van der Waals surface area contributed by atoms with Crippen molar-refractivity contribution in [2.24, 2.45) is 10.2 Å². The van der Waals surface area contributed by atoms with Crippen LogP contribution in [0.3, 0.4) is 0 Å². The van der Waals surface area contributed by atoms with Crippen LogP contribution in [0.5, 0.6) is 5.75 Å². The number of hydrogen-bond acceptors (Lipinski definition) is 4. The summed E-state index contributed by atoms with van der Waals surface area (Å²) in [5.74, 6) is -1.54. The predicted molar refractivity (Wildman–Crippen MR) is 76.0 cm³/mol. The second-order valence-electron chi connectivity index (χ2n) is 4.19. The number of phenols is 1. The summed E-state index contributed by atoms with van der Waals surface area (Å²) in [6.07, 6.45) is 0. The number of carbonyl (C=O) groups is 1. The molecule has 0 saturated carbocycles. The minimum Gasteiger partial charge on any atom is -0.507 e. The molecule has 21 heavy (non-hydrogen) atoms. The van der Waals surface area contributed by atoms with Crippen molar-refractivity contribution in [2.75, 3.05) is 0 Å². The van der Waals surface area contributed by atoms with Crippen LogP contribution in [-0.4, -0.2) is 16.2 Å². The summed E-state index contributed by atoms with van der Waals surface area (Å²) in [5.41, 5.74) is 1.59. The molecule has 0 aromatic heterocycles. The highest BCUT2D eigenvalue weighted by Crippen LogP contribution is 2.25. The quantitative estimate of drug-likeness (QED) is 0.657. The van der Waals surface area contributed by atoms with Crippen molar-refractivity contribution < 1.29 is 15.0 Å². The van der Waals surface area contributed by atoms with Gasteiger partial charge in [0, 0.05) is 5.56 Å². The Morgan fingerprint density at radius 1 is 1.10 bits per heavy atom. The van der Waals surface area contributed by atoms with Crippen molar-refractivity contribution in [2.45, 2.75) is 6.54 Å². The van der Waals surface area contributed by atoms with Crippen molar-refractivity contribution >= 4 is 17.3 Å². The number of carboxylic acids is 1. The SMILES string of the molecule is [C-]#[N+]Cc1ccc(N=Nc2ccc(O)c(C(=O)O)c2)cc1. The molecule has 0 amide bonds. The van der Waals surface area contributed by atoms with Crippen LogP contribution in [-0.2, 0) is 6.54 Å². The van der Waals surface area contributed by atoms with Gasteiger partial charge in [-0.2, -0.15) is 10.2 Å². The van der Waals surface area contributed by atoms with Crippen LogP contribution in [0, 0.1) is 6.57 Å². The molecular weight excluding hydrogens is 270 g/mol. The van der Waals surface area contributed by atoms with E-state index in [-0.39, 0.29) is 11.3 Å². The average molecular weight is 281 g/mol. The molecule has 0 radical (unpaired) electrons. The van der Waals surface area contributed by atoms with Crippen LogP contribution >= 0.6 is 0 Å². The Morgan fingerprint density at radius 2 is 1.71 bits per heavy atom. The second-order valence-corrected chi connectivity index (χ2v) is 4.19. The molecule has 0 atom stereocenters. The smallest absolute Gasteiger partial charge is 0.339 e. The third kappa shape index (κ3) is 3.64.